The van der Waals surface area contributed by atoms with Gasteiger partial charge < -0.3 is 9.47 Å². The molecule has 0 bridgehead atoms. The third kappa shape index (κ3) is 5.17. The highest BCUT2D eigenvalue weighted by atomic mass is 79.9. The molecule has 0 radical (unpaired) electrons. The van der Waals surface area contributed by atoms with Crippen molar-refractivity contribution in [3.05, 3.63) is 73.1 Å². The fourth-order valence-electron chi connectivity index (χ4n) is 2.84. The summed E-state index contributed by atoms with van der Waals surface area (Å²) in [6.45, 7) is 1.64. The van der Waals surface area contributed by atoms with Crippen LogP contribution in [-0.2, 0) is 20.9 Å². The molecule has 1 saturated heterocycles. The lowest BCUT2D eigenvalue weighted by molar-refractivity contribution is -0.384. The second kappa shape index (κ2) is 9.96. The van der Waals surface area contributed by atoms with Crippen LogP contribution in [0.15, 0.2) is 51.8 Å². The highest BCUT2D eigenvalue weighted by Crippen LogP contribution is 2.35. The Morgan fingerprint density at radius 1 is 1.25 bits per heavy atom. The molecule has 2 amide bonds. The first-order valence-corrected chi connectivity index (χ1v) is 10.8. The molecule has 0 spiro atoms. The number of carbonyl (C=O) groups excluding carboxylic acids is 3. The molecular formula is C21H17BrN2O7S. The molecule has 1 aliphatic rings. The number of halogens is 1. The van der Waals surface area contributed by atoms with Crippen molar-refractivity contribution < 1.29 is 28.8 Å². The molecule has 0 unspecified atom stereocenters. The number of carbonyl (C=O) groups is 3. The molecule has 0 aromatic heterocycles. The number of rotatable bonds is 7. The summed E-state index contributed by atoms with van der Waals surface area (Å²) in [5.74, 6) is -0.703. The van der Waals surface area contributed by atoms with E-state index in [0.29, 0.717) is 15.8 Å². The van der Waals surface area contributed by atoms with Gasteiger partial charge in [0.05, 0.1) is 21.4 Å². The van der Waals surface area contributed by atoms with Gasteiger partial charge in [-0.1, -0.05) is 6.07 Å². The van der Waals surface area contributed by atoms with Gasteiger partial charge in [0.2, 0.25) is 0 Å². The first-order chi connectivity index (χ1) is 15.2. The number of nitro benzene ring substituents is 1. The summed E-state index contributed by atoms with van der Waals surface area (Å²) in [6, 6.07) is 10.2. The lowest BCUT2D eigenvalue weighted by Gasteiger charge is -2.18. The summed E-state index contributed by atoms with van der Waals surface area (Å²) in [6.07, 6.45) is 1.56. The number of hydrogen-bond acceptors (Lipinski definition) is 8. The van der Waals surface area contributed by atoms with Gasteiger partial charge in [-0.3, -0.25) is 24.6 Å². The number of ether oxygens (including phenoxy) is 2. The molecule has 0 aliphatic carbocycles. The van der Waals surface area contributed by atoms with Crippen LogP contribution in [0.25, 0.3) is 6.08 Å². The van der Waals surface area contributed by atoms with Crippen molar-refractivity contribution in [3.8, 4) is 5.75 Å². The number of imide groups is 1. The molecule has 2 aromatic carbocycles. The fourth-order valence-corrected chi connectivity index (χ4v) is 4.26. The van der Waals surface area contributed by atoms with Gasteiger partial charge in [-0.2, -0.15) is 0 Å². The zero-order valence-electron chi connectivity index (χ0n) is 16.9. The average Bonchev–Trinajstić information content (AvgIpc) is 3.05. The van der Waals surface area contributed by atoms with Crippen molar-refractivity contribution in [1.29, 1.82) is 0 Å². The van der Waals surface area contributed by atoms with E-state index in [9.17, 15) is 24.5 Å². The summed E-state index contributed by atoms with van der Waals surface area (Å²) < 4.78 is 11.0. The maximum Gasteiger partial charge on any atom is 0.328 e. The van der Waals surface area contributed by atoms with E-state index in [1.54, 1.807) is 36.4 Å². The maximum atomic E-state index is 12.6. The SMILES string of the molecule is COC(=O)[C@@H](C)N1C(=O)S/C(=C/c2ccc(OCc3ccc([N+](=O)[O-])cc3)c(Br)c2)C1=O. The van der Waals surface area contributed by atoms with Gasteiger partial charge in [0, 0.05) is 12.1 Å². The normalized spacial score (nSPS) is 15.7. The smallest absolute Gasteiger partial charge is 0.328 e. The van der Waals surface area contributed by atoms with Crippen molar-refractivity contribution in [3.63, 3.8) is 0 Å². The summed E-state index contributed by atoms with van der Waals surface area (Å²) in [5.41, 5.74) is 1.42. The molecule has 32 heavy (non-hydrogen) atoms. The van der Waals surface area contributed by atoms with E-state index in [1.807, 2.05) is 0 Å². The predicted molar refractivity (Wildman–Crippen MR) is 121 cm³/mol. The minimum atomic E-state index is -1.01. The Balaban J connectivity index is 1.70. The molecule has 1 aliphatic heterocycles. The van der Waals surface area contributed by atoms with E-state index in [1.165, 1.54) is 26.2 Å². The third-order valence-corrected chi connectivity index (χ3v) is 6.05. The summed E-state index contributed by atoms with van der Waals surface area (Å²) in [5, 5.41) is 10.2. The van der Waals surface area contributed by atoms with E-state index in [-0.39, 0.29) is 17.2 Å². The third-order valence-electron chi connectivity index (χ3n) is 4.55. The maximum absolute atomic E-state index is 12.6. The number of amides is 2. The van der Waals surface area contributed by atoms with E-state index in [4.69, 9.17) is 4.74 Å². The Kier molecular flexibility index (Phi) is 7.31. The van der Waals surface area contributed by atoms with Crippen LogP contribution in [0.4, 0.5) is 10.5 Å². The molecule has 166 valence electrons. The van der Waals surface area contributed by atoms with Gasteiger partial charge in [0.1, 0.15) is 18.4 Å². The van der Waals surface area contributed by atoms with Crippen LogP contribution in [0, 0.1) is 10.1 Å². The van der Waals surface area contributed by atoms with Crippen LogP contribution in [0.3, 0.4) is 0 Å². The number of non-ortho nitro benzene ring substituents is 1. The molecular weight excluding hydrogens is 504 g/mol. The molecule has 9 nitrogen and oxygen atoms in total. The quantitative estimate of drug-likeness (QED) is 0.226. The van der Waals surface area contributed by atoms with Crippen molar-refractivity contribution in [2.45, 2.75) is 19.6 Å². The van der Waals surface area contributed by atoms with Gasteiger partial charge in [0.15, 0.2) is 0 Å². The lowest BCUT2D eigenvalue weighted by Crippen LogP contribution is -2.42. The monoisotopic (exact) mass is 520 g/mol. The van der Waals surface area contributed by atoms with E-state index < -0.39 is 28.1 Å². The molecule has 1 atom stereocenters. The van der Waals surface area contributed by atoms with Crippen molar-refractivity contribution >= 4 is 56.6 Å². The zero-order valence-corrected chi connectivity index (χ0v) is 19.3. The topological polar surface area (TPSA) is 116 Å². The van der Waals surface area contributed by atoms with Crippen LogP contribution in [0.5, 0.6) is 5.75 Å². The molecule has 1 heterocycles. The standard InChI is InChI=1S/C21H17BrN2O7S/c1-12(20(26)30-2)23-19(25)18(32-21(23)27)10-14-5-8-17(16(22)9-14)31-11-13-3-6-15(7-4-13)24(28)29/h3-10,12H,11H2,1-2H3/b18-10+/t12-/m1/s1. The minimum Gasteiger partial charge on any atom is -0.488 e. The molecule has 0 N–H and O–H groups in total. The van der Waals surface area contributed by atoms with E-state index in [0.717, 1.165) is 22.2 Å². The average molecular weight is 521 g/mol. The van der Waals surface area contributed by atoms with Gasteiger partial charge in [-0.15, -0.1) is 0 Å². The number of nitrogens with zero attached hydrogens (tertiary/aromatic N) is 2. The van der Waals surface area contributed by atoms with Crippen LogP contribution < -0.4 is 4.74 Å². The summed E-state index contributed by atoms with van der Waals surface area (Å²) in [4.78, 5) is 47.8. The van der Waals surface area contributed by atoms with Crippen molar-refractivity contribution in [2.75, 3.05) is 7.11 Å². The number of thioether (sulfide) groups is 1. The molecule has 2 aromatic rings. The first kappa shape index (κ1) is 23.5. The van der Waals surface area contributed by atoms with Gasteiger partial charge >= 0.3 is 5.97 Å². The molecule has 1 fully saturated rings. The number of nitro groups is 1. The fraction of sp³-hybridized carbons (Fsp3) is 0.190. The van der Waals surface area contributed by atoms with Crippen molar-refractivity contribution in [2.24, 2.45) is 0 Å². The van der Waals surface area contributed by atoms with Crippen LogP contribution in [-0.4, -0.2) is 40.1 Å². The summed E-state index contributed by atoms with van der Waals surface area (Å²) >= 11 is 4.17. The Labute approximate surface area is 195 Å². The lowest BCUT2D eigenvalue weighted by atomic mass is 10.2. The van der Waals surface area contributed by atoms with E-state index in [2.05, 4.69) is 20.7 Å². The molecule has 11 heteroatoms. The summed E-state index contributed by atoms with van der Waals surface area (Å²) in [7, 11) is 1.19. The van der Waals surface area contributed by atoms with Gasteiger partial charge in [-0.25, -0.2) is 4.79 Å². The van der Waals surface area contributed by atoms with Crippen LogP contribution in [0.2, 0.25) is 0 Å². The number of esters is 1. The van der Waals surface area contributed by atoms with E-state index >= 15 is 0 Å². The number of benzene rings is 2. The van der Waals surface area contributed by atoms with Gasteiger partial charge in [-0.05, 0) is 76.1 Å². The second-order valence-corrected chi connectivity index (χ2v) is 8.50. The Morgan fingerprint density at radius 3 is 2.53 bits per heavy atom. The highest BCUT2D eigenvalue weighted by molar-refractivity contribution is 9.10. The number of methoxy groups -OCH3 is 1. The Morgan fingerprint density at radius 2 is 1.94 bits per heavy atom. The number of hydrogen-bond donors (Lipinski definition) is 0. The Hall–Kier alpha value is -3.18. The first-order valence-electron chi connectivity index (χ1n) is 9.22. The van der Waals surface area contributed by atoms with Crippen molar-refractivity contribution in [1.82, 2.24) is 4.90 Å². The minimum absolute atomic E-state index is 0.00433. The Bertz CT molecular complexity index is 1120. The highest BCUT2D eigenvalue weighted by Gasteiger charge is 2.41. The zero-order chi connectivity index (χ0) is 23.4. The second-order valence-electron chi connectivity index (χ2n) is 6.65. The van der Waals surface area contributed by atoms with Crippen LogP contribution in [0.1, 0.15) is 18.1 Å². The molecule has 0 saturated carbocycles. The largest absolute Gasteiger partial charge is 0.488 e. The van der Waals surface area contributed by atoms with Crippen LogP contribution >= 0.6 is 27.7 Å². The van der Waals surface area contributed by atoms with Gasteiger partial charge in [0.25, 0.3) is 16.8 Å². The predicted octanol–water partition coefficient (Wildman–Crippen LogP) is 4.53. The molecule has 3 rings (SSSR count).